The Hall–Kier alpha value is -1.30. The molecular formula is C14H15ClN2O2S. The molecule has 0 saturated heterocycles. The maximum Gasteiger partial charge on any atom is 0.321 e. The van der Waals surface area contributed by atoms with Crippen LogP contribution in [-0.4, -0.2) is 27.9 Å². The molecule has 4 nitrogen and oxygen atoms in total. The first-order chi connectivity index (χ1) is 9.47. The zero-order chi connectivity index (χ0) is 14.7. The van der Waals surface area contributed by atoms with Gasteiger partial charge in [-0.15, -0.1) is 0 Å². The molecular weight excluding hydrogens is 296 g/mol. The fourth-order valence-electron chi connectivity index (χ4n) is 1.77. The molecule has 20 heavy (non-hydrogen) atoms. The van der Waals surface area contributed by atoms with Crippen molar-refractivity contribution in [2.45, 2.75) is 18.7 Å². The second kappa shape index (κ2) is 6.43. The Balaban J connectivity index is 2.12. The molecule has 2 aromatic rings. The van der Waals surface area contributed by atoms with E-state index in [9.17, 15) is 4.79 Å². The highest BCUT2D eigenvalue weighted by Gasteiger charge is 2.12. The Morgan fingerprint density at radius 2 is 2.25 bits per heavy atom. The maximum atomic E-state index is 10.6. The summed E-state index contributed by atoms with van der Waals surface area (Å²) >= 11 is 7.60. The lowest BCUT2D eigenvalue weighted by molar-refractivity contribution is -0.137. The molecule has 0 aliphatic carbocycles. The van der Waals surface area contributed by atoms with Gasteiger partial charge in [0.2, 0.25) is 0 Å². The van der Waals surface area contributed by atoms with E-state index in [0.717, 1.165) is 22.0 Å². The van der Waals surface area contributed by atoms with Crippen molar-refractivity contribution in [2.75, 3.05) is 5.75 Å². The van der Waals surface area contributed by atoms with Crippen molar-refractivity contribution in [3.8, 4) is 0 Å². The molecule has 0 aliphatic heterocycles. The van der Waals surface area contributed by atoms with Gasteiger partial charge in [-0.2, -0.15) is 11.8 Å². The normalized spacial score (nSPS) is 12.6. The van der Waals surface area contributed by atoms with E-state index >= 15 is 0 Å². The number of fused-ring (bicyclic) bond motifs is 1. The number of pyridine rings is 1. The number of carboxylic acids is 1. The lowest BCUT2D eigenvalue weighted by Gasteiger charge is -2.08. The van der Waals surface area contributed by atoms with Gasteiger partial charge in [0.05, 0.1) is 5.52 Å². The molecule has 1 heterocycles. The highest BCUT2D eigenvalue weighted by Crippen LogP contribution is 2.25. The molecule has 0 fully saturated rings. The van der Waals surface area contributed by atoms with Crippen molar-refractivity contribution in [1.82, 2.24) is 4.98 Å². The van der Waals surface area contributed by atoms with Crippen molar-refractivity contribution in [2.24, 2.45) is 5.73 Å². The summed E-state index contributed by atoms with van der Waals surface area (Å²) in [6.45, 7) is 2.01. The summed E-state index contributed by atoms with van der Waals surface area (Å²) in [6, 6.07) is 7.15. The Bertz CT molecular complexity index is 648. The van der Waals surface area contributed by atoms with E-state index in [-0.39, 0.29) is 0 Å². The standard InChI is InChI=1S/C14H15ClN2O2S/c1-8-2-3-9-5-10(13(15)17-12(9)4-8)6-20-7-11(16)14(18)19/h2-5,11H,6-7,16H2,1H3,(H,18,19)/t11-/m1/s1. The third kappa shape index (κ3) is 3.62. The van der Waals surface area contributed by atoms with Gasteiger partial charge in [0.15, 0.2) is 0 Å². The molecule has 0 radical (unpaired) electrons. The van der Waals surface area contributed by atoms with Gasteiger partial charge in [-0.25, -0.2) is 4.98 Å². The summed E-state index contributed by atoms with van der Waals surface area (Å²) in [6.07, 6.45) is 0. The number of aryl methyl sites for hydroxylation is 1. The molecule has 1 aromatic heterocycles. The molecule has 2 rings (SSSR count). The first kappa shape index (κ1) is 15.1. The minimum Gasteiger partial charge on any atom is -0.480 e. The van der Waals surface area contributed by atoms with Gasteiger partial charge in [0.1, 0.15) is 11.2 Å². The summed E-state index contributed by atoms with van der Waals surface area (Å²) in [5.74, 6) is -0.0514. The molecule has 0 amide bonds. The largest absolute Gasteiger partial charge is 0.480 e. The summed E-state index contributed by atoms with van der Waals surface area (Å²) < 4.78 is 0. The van der Waals surface area contributed by atoms with Crippen molar-refractivity contribution in [1.29, 1.82) is 0 Å². The summed E-state index contributed by atoms with van der Waals surface area (Å²) in [4.78, 5) is 15.0. The van der Waals surface area contributed by atoms with Crippen LogP contribution >= 0.6 is 23.4 Å². The third-order valence-electron chi connectivity index (χ3n) is 2.87. The average Bonchev–Trinajstić information content (AvgIpc) is 2.39. The number of nitrogens with two attached hydrogens (primary N) is 1. The maximum absolute atomic E-state index is 10.6. The zero-order valence-electron chi connectivity index (χ0n) is 11.0. The lowest BCUT2D eigenvalue weighted by atomic mass is 10.1. The summed E-state index contributed by atoms with van der Waals surface area (Å²) in [5, 5.41) is 10.2. The number of aliphatic carboxylic acids is 1. The smallest absolute Gasteiger partial charge is 0.321 e. The first-order valence-corrected chi connectivity index (χ1v) is 7.62. The first-order valence-electron chi connectivity index (χ1n) is 6.09. The molecule has 0 saturated carbocycles. The number of hydrogen-bond donors (Lipinski definition) is 2. The zero-order valence-corrected chi connectivity index (χ0v) is 12.5. The Kier molecular flexibility index (Phi) is 4.86. The van der Waals surface area contributed by atoms with Crippen LogP contribution in [0.3, 0.4) is 0 Å². The number of thioether (sulfide) groups is 1. The molecule has 0 spiro atoms. The Morgan fingerprint density at radius 3 is 2.95 bits per heavy atom. The lowest BCUT2D eigenvalue weighted by Crippen LogP contribution is -2.32. The van der Waals surface area contributed by atoms with Crippen LogP contribution in [0.2, 0.25) is 5.15 Å². The molecule has 1 atom stereocenters. The van der Waals surface area contributed by atoms with Crippen LogP contribution in [0.25, 0.3) is 10.9 Å². The SMILES string of the molecule is Cc1ccc2cc(CSC[C@@H](N)C(=O)O)c(Cl)nc2c1. The average molecular weight is 311 g/mol. The van der Waals surface area contributed by atoms with E-state index in [1.165, 1.54) is 11.8 Å². The van der Waals surface area contributed by atoms with E-state index in [2.05, 4.69) is 4.98 Å². The van der Waals surface area contributed by atoms with Crippen molar-refractivity contribution >= 4 is 40.2 Å². The second-order valence-electron chi connectivity index (χ2n) is 4.59. The van der Waals surface area contributed by atoms with Crippen molar-refractivity contribution in [3.05, 3.63) is 40.5 Å². The number of nitrogens with zero attached hydrogens (tertiary/aromatic N) is 1. The topological polar surface area (TPSA) is 76.2 Å². The minimum absolute atomic E-state index is 0.345. The van der Waals surface area contributed by atoms with Gasteiger partial charge in [0.25, 0.3) is 0 Å². The van der Waals surface area contributed by atoms with E-state index < -0.39 is 12.0 Å². The molecule has 1 aromatic carbocycles. The summed E-state index contributed by atoms with van der Waals surface area (Å²) in [7, 11) is 0. The van der Waals surface area contributed by atoms with Crippen LogP contribution < -0.4 is 5.73 Å². The molecule has 0 aliphatic rings. The van der Waals surface area contributed by atoms with Crippen molar-refractivity contribution < 1.29 is 9.90 Å². The van der Waals surface area contributed by atoms with Gasteiger partial charge in [0, 0.05) is 22.5 Å². The number of benzene rings is 1. The predicted octanol–water partition coefficient (Wildman–Crippen LogP) is 2.84. The fraction of sp³-hybridized carbons (Fsp3) is 0.286. The quantitative estimate of drug-likeness (QED) is 0.830. The number of carboxylic acid groups (broad SMARTS) is 1. The van der Waals surface area contributed by atoms with E-state index in [4.69, 9.17) is 22.4 Å². The number of aromatic nitrogens is 1. The van der Waals surface area contributed by atoms with Crippen LogP contribution in [-0.2, 0) is 10.5 Å². The van der Waals surface area contributed by atoms with Gasteiger partial charge in [-0.05, 0) is 24.6 Å². The van der Waals surface area contributed by atoms with E-state index in [0.29, 0.717) is 16.7 Å². The number of rotatable bonds is 5. The van der Waals surface area contributed by atoms with Gasteiger partial charge >= 0.3 is 5.97 Å². The highest BCUT2D eigenvalue weighted by atomic mass is 35.5. The number of carbonyl (C=O) groups is 1. The minimum atomic E-state index is -0.990. The monoisotopic (exact) mass is 310 g/mol. The number of hydrogen-bond acceptors (Lipinski definition) is 4. The van der Waals surface area contributed by atoms with E-state index in [1.807, 2.05) is 31.2 Å². The molecule has 0 unspecified atom stereocenters. The molecule has 6 heteroatoms. The Labute approximate surface area is 126 Å². The third-order valence-corrected chi connectivity index (χ3v) is 4.31. The molecule has 106 valence electrons. The van der Waals surface area contributed by atoms with E-state index in [1.54, 1.807) is 0 Å². The van der Waals surface area contributed by atoms with Crippen LogP contribution in [0.1, 0.15) is 11.1 Å². The van der Waals surface area contributed by atoms with Crippen LogP contribution in [0.5, 0.6) is 0 Å². The van der Waals surface area contributed by atoms with Crippen LogP contribution in [0, 0.1) is 6.92 Å². The fourth-order valence-corrected chi connectivity index (χ4v) is 3.01. The Morgan fingerprint density at radius 1 is 1.50 bits per heavy atom. The molecule has 3 N–H and O–H groups in total. The van der Waals surface area contributed by atoms with Crippen LogP contribution in [0.15, 0.2) is 24.3 Å². The number of halogens is 1. The van der Waals surface area contributed by atoms with Gasteiger partial charge in [-0.1, -0.05) is 23.7 Å². The van der Waals surface area contributed by atoms with Gasteiger partial charge < -0.3 is 10.8 Å². The predicted molar refractivity (Wildman–Crippen MR) is 83.3 cm³/mol. The summed E-state index contributed by atoms with van der Waals surface area (Å²) in [5.41, 5.74) is 8.35. The molecule has 0 bridgehead atoms. The van der Waals surface area contributed by atoms with Crippen molar-refractivity contribution in [3.63, 3.8) is 0 Å². The second-order valence-corrected chi connectivity index (χ2v) is 5.98. The van der Waals surface area contributed by atoms with Gasteiger partial charge in [-0.3, -0.25) is 4.79 Å². The highest BCUT2D eigenvalue weighted by molar-refractivity contribution is 7.98. The van der Waals surface area contributed by atoms with Crippen LogP contribution in [0.4, 0.5) is 0 Å².